The number of ether oxygens (including phenoxy) is 2. The van der Waals surface area contributed by atoms with Crippen molar-refractivity contribution < 1.29 is 24.2 Å². The number of hydrogen-bond acceptors (Lipinski definition) is 4. The van der Waals surface area contributed by atoms with Gasteiger partial charge in [0, 0.05) is 29.2 Å². The van der Waals surface area contributed by atoms with Crippen LogP contribution in [0.5, 0.6) is 11.5 Å². The van der Waals surface area contributed by atoms with E-state index < -0.39 is 5.97 Å². The van der Waals surface area contributed by atoms with Crippen molar-refractivity contribution in [2.24, 2.45) is 0 Å². The van der Waals surface area contributed by atoms with E-state index in [4.69, 9.17) is 21.1 Å². The second-order valence-electron chi connectivity index (χ2n) is 8.74. The molecule has 1 aromatic heterocycles. The molecule has 6 rings (SSSR count). The fourth-order valence-corrected chi connectivity index (χ4v) is 5.18. The van der Waals surface area contributed by atoms with Gasteiger partial charge in [-0.15, -0.1) is 0 Å². The SMILES string of the molecule is O=C(O)c1cc(/C=C/C(=O)N2CCc3c([nH]c4ccccc34)C2c2ccc3c(c2)OCO3)ccc1Cl. The van der Waals surface area contributed by atoms with Crippen molar-refractivity contribution in [2.75, 3.05) is 13.3 Å². The minimum Gasteiger partial charge on any atom is -0.478 e. The third-order valence-electron chi connectivity index (χ3n) is 6.67. The molecule has 8 heteroatoms. The average molecular weight is 501 g/mol. The number of carbonyl (C=O) groups excluding carboxylic acids is 1. The number of nitrogens with zero attached hydrogens (tertiary/aromatic N) is 1. The van der Waals surface area contributed by atoms with Crippen molar-refractivity contribution >= 4 is 40.5 Å². The maximum Gasteiger partial charge on any atom is 0.337 e. The molecule has 1 amide bonds. The minimum absolute atomic E-state index is 0.00908. The van der Waals surface area contributed by atoms with Crippen LogP contribution < -0.4 is 9.47 Å². The lowest BCUT2D eigenvalue weighted by Gasteiger charge is -2.35. The number of fused-ring (bicyclic) bond motifs is 4. The molecule has 0 saturated carbocycles. The van der Waals surface area contributed by atoms with Crippen molar-refractivity contribution in [1.29, 1.82) is 0 Å². The molecule has 2 N–H and O–H groups in total. The largest absolute Gasteiger partial charge is 0.478 e. The maximum atomic E-state index is 13.5. The van der Waals surface area contributed by atoms with Gasteiger partial charge in [-0.25, -0.2) is 4.79 Å². The molecule has 2 aliphatic heterocycles. The van der Waals surface area contributed by atoms with Crippen molar-refractivity contribution in [3.8, 4) is 11.5 Å². The summed E-state index contributed by atoms with van der Waals surface area (Å²) in [6, 6.07) is 18.2. The number of nitrogens with one attached hydrogen (secondary N) is 1. The van der Waals surface area contributed by atoms with Gasteiger partial charge in [-0.05, 0) is 59.5 Å². The molecular weight excluding hydrogens is 480 g/mol. The lowest BCUT2D eigenvalue weighted by atomic mass is 9.92. The molecule has 0 fully saturated rings. The number of H-pyrrole nitrogens is 1. The van der Waals surface area contributed by atoms with E-state index in [9.17, 15) is 14.7 Å². The van der Waals surface area contributed by atoms with Gasteiger partial charge in [0.05, 0.1) is 16.6 Å². The van der Waals surface area contributed by atoms with Crippen molar-refractivity contribution in [1.82, 2.24) is 9.88 Å². The van der Waals surface area contributed by atoms with Crippen LogP contribution in [-0.4, -0.2) is 40.2 Å². The third-order valence-corrected chi connectivity index (χ3v) is 7.00. The molecule has 0 spiro atoms. The molecule has 0 radical (unpaired) electrons. The number of aromatic carboxylic acids is 1. The number of rotatable bonds is 4. The molecule has 4 aromatic rings. The molecule has 3 aromatic carbocycles. The first-order valence-corrected chi connectivity index (χ1v) is 11.9. The number of carbonyl (C=O) groups is 2. The first-order chi connectivity index (χ1) is 17.5. The Balaban J connectivity index is 1.39. The van der Waals surface area contributed by atoms with Gasteiger partial charge in [0.25, 0.3) is 0 Å². The van der Waals surface area contributed by atoms with Gasteiger partial charge < -0.3 is 24.5 Å². The predicted molar refractivity (Wildman–Crippen MR) is 136 cm³/mol. The van der Waals surface area contributed by atoms with E-state index in [1.807, 2.05) is 41.3 Å². The summed E-state index contributed by atoms with van der Waals surface area (Å²) in [6.07, 6.45) is 3.80. The van der Waals surface area contributed by atoms with E-state index >= 15 is 0 Å². The topological polar surface area (TPSA) is 91.9 Å². The summed E-state index contributed by atoms with van der Waals surface area (Å²) in [5.74, 6) is 0.0304. The van der Waals surface area contributed by atoms with E-state index in [1.54, 1.807) is 12.1 Å². The van der Waals surface area contributed by atoms with Gasteiger partial charge in [0.15, 0.2) is 11.5 Å². The summed E-state index contributed by atoms with van der Waals surface area (Å²) in [5, 5.41) is 10.7. The van der Waals surface area contributed by atoms with Gasteiger partial charge in [0.2, 0.25) is 12.7 Å². The van der Waals surface area contributed by atoms with Crippen LogP contribution in [0.25, 0.3) is 17.0 Å². The van der Waals surface area contributed by atoms with Gasteiger partial charge in [-0.2, -0.15) is 0 Å². The first kappa shape index (κ1) is 22.2. The zero-order chi connectivity index (χ0) is 24.8. The Morgan fingerprint density at radius 2 is 1.89 bits per heavy atom. The Bertz CT molecular complexity index is 1560. The molecule has 1 unspecified atom stereocenters. The highest BCUT2D eigenvalue weighted by Gasteiger charge is 2.34. The number of para-hydroxylation sites is 1. The van der Waals surface area contributed by atoms with Gasteiger partial charge in [0.1, 0.15) is 0 Å². The molecule has 1 atom stereocenters. The van der Waals surface area contributed by atoms with Gasteiger partial charge in [-0.1, -0.05) is 41.9 Å². The smallest absolute Gasteiger partial charge is 0.337 e. The second-order valence-corrected chi connectivity index (χ2v) is 9.14. The summed E-state index contributed by atoms with van der Waals surface area (Å²) >= 11 is 5.98. The number of carboxylic acid groups (broad SMARTS) is 1. The normalized spacial score (nSPS) is 16.5. The Labute approximate surface area is 211 Å². The number of hydrogen-bond donors (Lipinski definition) is 2. The van der Waals surface area contributed by atoms with E-state index in [0.29, 0.717) is 30.0 Å². The first-order valence-electron chi connectivity index (χ1n) is 11.5. The summed E-state index contributed by atoms with van der Waals surface area (Å²) in [7, 11) is 0. The lowest BCUT2D eigenvalue weighted by Crippen LogP contribution is -2.39. The van der Waals surface area contributed by atoms with Crippen LogP contribution >= 0.6 is 11.6 Å². The molecule has 3 heterocycles. The van der Waals surface area contributed by atoms with E-state index in [-0.39, 0.29) is 29.3 Å². The molecular formula is C28H21ClN2O5. The minimum atomic E-state index is -1.12. The fraction of sp³-hybridized carbons (Fsp3) is 0.143. The van der Waals surface area contributed by atoms with Crippen LogP contribution in [-0.2, 0) is 11.2 Å². The van der Waals surface area contributed by atoms with Crippen molar-refractivity contribution in [2.45, 2.75) is 12.5 Å². The van der Waals surface area contributed by atoms with Crippen LogP contribution in [0, 0.1) is 0 Å². The number of carboxylic acids is 1. The monoisotopic (exact) mass is 500 g/mol. The van der Waals surface area contributed by atoms with Gasteiger partial charge >= 0.3 is 5.97 Å². The predicted octanol–water partition coefficient (Wildman–Crippen LogP) is 5.44. The third kappa shape index (κ3) is 3.78. The Kier molecular flexibility index (Phi) is 5.42. The van der Waals surface area contributed by atoms with E-state index in [2.05, 4.69) is 11.1 Å². The van der Waals surface area contributed by atoms with Crippen LogP contribution in [0.3, 0.4) is 0 Å². The van der Waals surface area contributed by atoms with Crippen LogP contribution in [0.4, 0.5) is 0 Å². The zero-order valence-corrected chi connectivity index (χ0v) is 19.8. The number of aromatic nitrogens is 1. The number of halogens is 1. The maximum absolute atomic E-state index is 13.5. The summed E-state index contributed by atoms with van der Waals surface area (Å²) < 4.78 is 11.1. The molecule has 0 aliphatic carbocycles. The number of amides is 1. The highest BCUT2D eigenvalue weighted by molar-refractivity contribution is 6.33. The van der Waals surface area contributed by atoms with Crippen LogP contribution in [0.15, 0.2) is 66.7 Å². The van der Waals surface area contributed by atoms with E-state index in [0.717, 1.165) is 22.2 Å². The number of benzene rings is 3. The Morgan fingerprint density at radius 3 is 2.75 bits per heavy atom. The molecule has 0 bridgehead atoms. The molecule has 2 aliphatic rings. The molecule has 7 nitrogen and oxygen atoms in total. The molecule has 180 valence electrons. The average Bonchev–Trinajstić information content (AvgIpc) is 3.51. The van der Waals surface area contributed by atoms with Gasteiger partial charge in [-0.3, -0.25) is 4.79 Å². The van der Waals surface area contributed by atoms with Crippen LogP contribution in [0.1, 0.15) is 38.8 Å². The summed E-state index contributed by atoms with van der Waals surface area (Å²) in [4.78, 5) is 30.3. The van der Waals surface area contributed by atoms with Crippen molar-refractivity contribution in [3.05, 3.63) is 99.7 Å². The quantitative estimate of drug-likeness (QED) is 0.364. The summed E-state index contributed by atoms with van der Waals surface area (Å²) in [5.41, 5.74) is 4.68. The molecule has 0 saturated heterocycles. The zero-order valence-electron chi connectivity index (χ0n) is 19.0. The van der Waals surface area contributed by atoms with Crippen LogP contribution in [0.2, 0.25) is 5.02 Å². The highest BCUT2D eigenvalue weighted by atomic mass is 35.5. The van der Waals surface area contributed by atoms with E-state index in [1.165, 1.54) is 23.8 Å². The fourth-order valence-electron chi connectivity index (χ4n) is 4.98. The summed E-state index contributed by atoms with van der Waals surface area (Å²) in [6.45, 7) is 0.698. The lowest BCUT2D eigenvalue weighted by molar-refractivity contribution is -0.128. The second kappa shape index (κ2) is 8.77. The van der Waals surface area contributed by atoms with Crippen molar-refractivity contribution in [3.63, 3.8) is 0 Å². The highest BCUT2D eigenvalue weighted by Crippen LogP contribution is 2.42. The Hall–Kier alpha value is -4.23. The number of aromatic amines is 1. The Morgan fingerprint density at radius 1 is 1.06 bits per heavy atom. The molecule has 36 heavy (non-hydrogen) atoms. The standard InChI is InChI=1S/C28H21ClN2O5/c29-21-8-5-16(13-20(21)28(33)34)6-10-25(32)31-12-11-19-18-3-1-2-4-22(18)30-26(19)27(31)17-7-9-23-24(14-17)36-15-35-23/h1-10,13-14,27,30H,11-12,15H2,(H,33,34)/b10-6+.